The third-order valence-electron chi connectivity index (χ3n) is 2.97. The van der Waals surface area contributed by atoms with E-state index in [0.29, 0.717) is 10.9 Å². The van der Waals surface area contributed by atoms with Crippen molar-refractivity contribution in [1.82, 2.24) is 9.97 Å². The fourth-order valence-electron chi connectivity index (χ4n) is 1.67. The van der Waals surface area contributed by atoms with Gasteiger partial charge >= 0.3 is 6.18 Å². The number of alkyl halides is 3. The van der Waals surface area contributed by atoms with Gasteiger partial charge in [-0.1, -0.05) is 32.5 Å². The first-order valence-corrected chi connectivity index (χ1v) is 7.61. The van der Waals surface area contributed by atoms with Gasteiger partial charge in [0.2, 0.25) is 5.89 Å². The van der Waals surface area contributed by atoms with Crippen molar-refractivity contribution in [1.29, 1.82) is 0 Å². The third-order valence-corrected chi connectivity index (χ3v) is 4.01. The van der Waals surface area contributed by atoms with E-state index >= 15 is 0 Å². The van der Waals surface area contributed by atoms with Gasteiger partial charge < -0.3 is 4.42 Å². The first-order valence-electron chi connectivity index (χ1n) is 6.73. The van der Waals surface area contributed by atoms with Crippen LogP contribution in [0.5, 0.6) is 0 Å². The Morgan fingerprint density at radius 1 is 1.09 bits per heavy atom. The van der Waals surface area contributed by atoms with Crippen LogP contribution in [-0.4, -0.2) is 9.97 Å². The van der Waals surface area contributed by atoms with Crippen LogP contribution in [0.1, 0.15) is 50.2 Å². The van der Waals surface area contributed by atoms with Gasteiger partial charge in [0.25, 0.3) is 0 Å². The Kier molecular flexibility index (Phi) is 4.56. The monoisotopic (exact) mass is 330 g/mol. The van der Waals surface area contributed by atoms with Crippen LogP contribution >= 0.6 is 11.8 Å². The molecule has 2 aromatic rings. The smallest absolute Gasteiger partial charge is 0.417 e. The average molecular weight is 330 g/mol. The number of oxazole rings is 1. The van der Waals surface area contributed by atoms with Crippen molar-refractivity contribution in [3.8, 4) is 0 Å². The van der Waals surface area contributed by atoms with Crippen molar-refractivity contribution < 1.29 is 17.6 Å². The molecule has 0 aromatic carbocycles. The Hall–Kier alpha value is -1.50. The van der Waals surface area contributed by atoms with Crippen LogP contribution < -0.4 is 0 Å². The largest absolute Gasteiger partial charge is 0.444 e. The minimum absolute atomic E-state index is 0.137. The predicted molar refractivity (Wildman–Crippen MR) is 78.7 cm³/mol. The van der Waals surface area contributed by atoms with Gasteiger partial charge in [0.05, 0.1) is 22.0 Å². The molecule has 1 atom stereocenters. The highest BCUT2D eigenvalue weighted by atomic mass is 32.2. The Bertz CT molecular complexity index is 629. The molecule has 0 bridgehead atoms. The molecule has 0 aliphatic carbocycles. The quantitative estimate of drug-likeness (QED) is 0.722. The van der Waals surface area contributed by atoms with Crippen molar-refractivity contribution in [3.63, 3.8) is 0 Å². The molecule has 0 saturated heterocycles. The molecule has 0 amide bonds. The maximum absolute atomic E-state index is 12.5. The van der Waals surface area contributed by atoms with Crippen LogP contribution in [0.2, 0.25) is 0 Å². The lowest BCUT2D eigenvalue weighted by atomic mass is 9.94. The van der Waals surface area contributed by atoms with Crippen LogP contribution in [0.15, 0.2) is 34.0 Å². The SMILES string of the molecule is C[C@H](Sc1ccc(C(F)(F)F)cn1)c1ncc(C(C)(C)C)o1. The highest BCUT2D eigenvalue weighted by molar-refractivity contribution is 7.99. The molecular weight excluding hydrogens is 313 g/mol. The number of aromatic nitrogens is 2. The number of thioether (sulfide) groups is 1. The summed E-state index contributed by atoms with van der Waals surface area (Å²) in [6, 6.07) is 2.38. The van der Waals surface area contributed by atoms with Crippen molar-refractivity contribution >= 4 is 11.8 Å². The summed E-state index contributed by atoms with van der Waals surface area (Å²) < 4.78 is 43.2. The molecule has 0 saturated carbocycles. The van der Waals surface area contributed by atoms with Gasteiger partial charge in [-0.3, -0.25) is 0 Å². The molecule has 0 aliphatic heterocycles. The number of rotatable bonds is 3. The maximum Gasteiger partial charge on any atom is 0.417 e. The zero-order chi connectivity index (χ0) is 16.5. The summed E-state index contributed by atoms with van der Waals surface area (Å²) in [5, 5.41) is 0.358. The molecule has 3 nitrogen and oxygen atoms in total. The van der Waals surface area contributed by atoms with Crippen molar-refractivity contribution in [2.75, 3.05) is 0 Å². The fourth-order valence-corrected chi connectivity index (χ4v) is 2.50. The Balaban J connectivity index is 2.09. The van der Waals surface area contributed by atoms with E-state index in [4.69, 9.17) is 4.42 Å². The standard InChI is InChI=1S/C15H17F3N2OS/c1-9(13-20-8-11(21-13)14(2,3)4)22-12-6-5-10(7-19-12)15(16,17)18/h5-9H,1-4H3/t9-/m0/s1. The number of halogens is 3. The van der Waals surface area contributed by atoms with Crippen LogP contribution in [0.4, 0.5) is 13.2 Å². The predicted octanol–water partition coefficient (Wildman–Crippen LogP) is 5.24. The molecule has 120 valence electrons. The Labute approximate surface area is 131 Å². The molecule has 0 aliphatic rings. The first kappa shape index (κ1) is 16.9. The molecule has 0 N–H and O–H groups in total. The summed E-state index contributed by atoms with van der Waals surface area (Å²) in [5.74, 6) is 1.31. The Morgan fingerprint density at radius 2 is 1.77 bits per heavy atom. The van der Waals surface area contributed by atoms with E-state index in [-0.39, 0.29) is 10.7 Å². The molecule has 2 rings (SSSR count). The molecule has 0 unspecified atom stereocenters. The summed E-state index contributed by atoms with van der Waals surface area (Å²) in [5.41, 5.74) is -0.891. The van der Waals surface area contributed by atoms with Gasteiger partial charge in [-0.15, -0.1) is 0 Å². The molecule has 22 heavy (non-hydrogen) atoms. The van der Waals surface area contributed by atoms with Gasteiger partial charge in [0, 0.05) is 11.6 Å². The summed E-state index contributed by atoms with van der Waals surface area (Å²) in [7, 11) is 0. The third kappa shape index (κ3) is 4.03. The minimum atomic E-state index is -4.37. The van der Waals surface area contributed by atoms with E-state index in [1.807, 2.05) is 27.7 Å². The van der Waals surface area contributed by atoms with Crippen molar-refractivity contribution in [2.24, 2.45) is 0 Å². The van der Waals surface area contributed by atoms with Crippen LogP contribution in [0.25, 0.3) is 0 Å². The van der Waals surface area contributed by atoms with E-state index in [2.05, 4.69) is 9.97 Å². The summed E-state index contributed by atoms with van der Waals surface area (Å²) in [6.45, 7) is 7.94. The molecule has 2 heterocycles. The van der Waals surface area contributed by atoms with E-state index in [1.165, 1.54) is 17.8 Å². The van der Waals surface area contributed by atoms with Gasteiger partial charge in [-0.25, -0.2) is 9.97 Å². The van der Waals surface area contributed by atoms with Gasteiger partial charge in [0.1, 0.15) is 5.76 Å². The Morgan fingerprint density at radius 3 is 2.23 bits per heavy atom. The van der Waals surface area contributed by atoms with Gasteiger partial charge in [-0.05, 0) is 19.1 Å². The normalized spacial score (nSPS) is 14.1. The summed E-state index contributed by atoms with van der Waals surface area (Å²) >= 11 is 1.31. The topological polar surface area (TPSA) is 38.9 Å². The van der Waals surface area contributed by atoms with E-state index in [0.717, 1.165) is 18.0 Å². The molecular formula is C15H17F3N2OS. The molecule has 0 fully saturated rings. The van der Waals surface area contributed by atoms with Gasteiger partial charge in [0.15, 0.2) is 0 Å². The molecule has 2 aromatic heterocycles. The number of pyridine rings is 1. The fraction of sp³-hybridized carbons (Fsp3) is 0.467. The number of hydrogen-bond donors (Lipinski definition) is 0. The van der Waals surface area contributed by atoms with E-state index in [1.54, 1.807) is 6.20 Å². The average Bonchev–Trinajstić information content (AvgIpc) is 2.87. The van der Waals surface area contributed by atoms with Crippen LogP contribution in [0.3, 0.4) is 0 Å². The lowest BCUT2D eigenvalue weighted by Gasteiger charge is -2.14. The van der Waals surface area contributed by atoms with Gasteiger partial charge in [-0.2, -0.15) is 13.2 Å². The summed E-state index contributed by atoms with van der Waals surface area (Å²) in [4.78, 5) is 8.08. The summed E-state index contributed by atoms with van der Waals surface area (Å²) in [6.07, 6.45) is -1.84. The zero-order valence-electron chi connectivity index (χ0n) is 12.7. The molecule has 7 heteroatoms. The lowest BCUT2D eigenvalue weighted by molar-refractivity contribution is -0.137. The highest BCUT2D eigenvalue weighted by Gasteiger charge is 2.30. The second-order valence-electron chi connectivity index (χ2n) is 5.96. The van der Waals surface area contributed by atoms with Crippen molar-refractivity contribution in [2.45, 2.75) is 49.6 Å². The lowest BCUT2D eigenvalue weighted by Crippen LogP contribution is -2.09. The zero-order valence-corrected chi connectivity index (χ0v) is 13.5. The van der Waals surface area contributed by atoms with E-state index in [9.17, 15) is 13.2 Å². The second kappa shape index (κ2) is 5.95. The minimum Gasteiger partial charge on any atom is -0.444 e. The second-order valence-corrected chi connectivity index (χ2v) is 7.32. The highest BCUT2D eigenvalue weighted by Crippen LogP contribution is 2.36. The number of hydrogen-bond acceptors (Lipinski definition) is 4. The number of nitrogens with zero attached hydrogens (tertiary/aromatic N) is 2. The molecule has 0 radical (unpaired) electrons. The first-order chi connectivity index (χ1) is 10.1. The maximum atomic E-state index is 12.5. The molecule has 0 spiro atoms. The van der Waals surface area contributed by atoms with Crippen LogP contribution in [0, 0.1) is 0 Å². The van der Waals surface area contributed by atoms with E-state index < -0.39 is 11.7 Å². The van der Waals surface area contributed by atoms with Crippen LogP contribution in [-0.2, 0) is 11.6 Å². The van der Waals surface area contributed by atoms with Crippen molar-refractivity contribution in [3.05, 3.63) is 41.7 Å².